The van der Waals surface area contributed by atoms with E-state index in [0.717, 1.165) is 53.2 Å². The van der Waals surface area contributed by atoms with Crippen LogP contribution in [0.4, 0.5) is 10.1 Å². The Morgan fingerprint density at radius 2 is 1.65 bits per heavy atom. The molecule has 1 saturated carbocycles. The Morgan fingerprint density at radius 1 is 0.975 bits per heavy atom. The van der Waals surface area contributed by atoms with E-state index < -0.39 is 34.3 Å². The first-order chi connectivity index (χ1) is 19.2. The number of carbonyl (C=O) groups is 2. The van der Waals surface area contributed by atoms with Crippen LogP contribution in [-0.2, 0) is 26.2 Å². The minimum Gasteiger partial charge on any atom is -0.352 e. The molecule has 2 amide bonds. The van der Waals surface area contributed by atoms with Gasteiger partial charge in [-0.05, 0) is 68.1 Å². The molecule has 1 N–H and O–H groups in total. The van der Waals surface area contributed by atoms with E-state index in [0.29, 0.717) is 12.1 Å². The van der Waals surface area contributed by atoms with Crippen molar-refractivity contribution in [3.8, 4) is 0 Å². The number of para-hydroxylation sites is 1. The Labute approximate surface area is 236 Å². The highest BCUT2D eigenvalue weighted by Crippen LogP contribution is 2.25. The second kappa shape index (κ2) is 13.1. The third-order valence-electron chi connectivity index (χ3n) is 7.25. The van der Waals surface area contributed by atoms with Gasteiger partial charge in [-0.15, -0.1) is 0 Å². The Balaban J connectivity index is 1.69. The molecule has 3 aromatic rings. The summed E-state index contributed by atoms with van der Waals surface area (Å²) in [5.41, 5.74) is 2.14. The molecule has 9 heteroatoms. The van der Waals surface area contributed by atoms with Crippen molar-refractivity contribution in [2.75, 3.05) is 10.8 Å². The lowest BCUT2D eigenvalue weighted by Crippen LogP contribution is -2.53. The summed E-state index contributed by atoms with van der Waals surface area (Å²) in [6.07, 6.45) is 4.30. The molecular weight excluding hydrogens is 529 g/mol. The van der Waals surface area contributed by atoms with E-state index in [1.807, 2.05) is 38.1 Å². The van der Waals surface area contributed by atoms with Crippen molar-refractivity contribution in [1.29, 1.82) is 0 Å². The summed E-state index contributed by atoms with van der Waals surface area (Å²) >= 11 is 0. The van der Waals surface area contributed by atoms with E-state index in [4.69, 9.17) is 0 Å². The number of nitrogens with one attached hydrogen (secondary N) is 1. The van der Waals surface area contributed by atoms with Gasteiger partial charge in [-0.3, -0.25) is 13.9 Å². The SMILES string of the molecule is CCC(C(=O)NC1CCCC1)N(Cc1cccc(C)c1)C(=O)CN(c1ccccc1)S(=O)(=O)c1ccc(F)cc1. The molecule has 0 aromatic heterocycles. The molecule has 1 atom stereocenters. The van der Waals surface area contributed by atoms with Crippen molar-refractivity contribution in [3.05, 3.63) is 95.8 Å². The second-order valence-electron chi connectivity index (χ2n) is 10.2. The zero-order valence-electron chi connectivity index (χ0n) is 22.9. The number of aryl methyl sites for hydroxylation is 1. The molecule has 1 aliphatic carbocycles. The monoisotopic (exact) mass is 565 g/mol. The second-order valence-corrected chi connectivity index (χ2v) is 12.1. The Kier molecular flexibility index (Phi) is 9.58. The van der Waals surface area contributed by atoms with Crippen molar-refractivity contribution in [2.45, 2.75) is 69.5 Å². The van der Waals surface area contributed by atoms with Crippen molar-refractivity contribution in [1.82, 2.24) is 10.2 Å². The van der Waals surface area contributed by atoms with Gasteiger partial charge in [0.2, 0.25) is 11.8 Å². The van der Waals surface area contributed by atoms with Crippen LogP contribution in [0.2, 0.25) is 0 Å². The third-order valence-corrected chi connectivity index (χ3v) is 9.04. The Morgan fingerprint density at radius 3 is 2.27 bits per heavy atom. The first-order valence-electron chi connectivity index (χ1n) is 13.7. The lowest BCUT2D eigenvalue weighted by Gasteiger charge is -2.33. The van der Waals surface area contributed by atoms with Gasteiger partial charge >= 0.3 is 0 Å². The van der Waals surface area contributed by atoms with Gasteiger partial charge in [-0.1, -0.05) is 67.8 Å². The Bertz CT molecular complexity index is 1410. The number of nitrogens with zero attached hydrogens (tertiary/aromatic N) is 2. The summed E-state index contributed by atoms with van der Waals surface area (Å²) in [7, 11) is -4.23. The summed E-state index contributed by atoms with van der Waals surface area (Å²) in [6, 6.07) is 19.8. The van der Waals surface area contributed by atoms with E-state index >= 15 is 0 Å². The van der Waals surface area contributed by atoms with Crippen molar-refractivity contribution in [3.63, 3.8) is 0 Å². The predicted octanol–water partition coefficient (Wildman–Crippen LogP) is 5.20. The van der Waals surface area contributed by atoms with E-state index in [9.17, 15) is 22.4 Å². The molecule has 1 fully saturated rings. The van der Waals surface area contributed by atoms with Crippen molar-refractivity contribution >= 4 is 27.5 Å². The number of rotatable bonds is 11. The van der Waals surface area contributed by atoms with Gasteiger partial charge in [0, 0.05) is 12.6 Å². The normalized spacial score (nSPS) is 14.5. The van der Waals surface area contributed by atoms with Crippen LogP contribution in [0.1, 0.15) is 50.2 Å². The number of hydrogen-bond acceptors (Lipinski definition) is 4. The van der Waals surface area contributed by atoms with Crippen LogP contribution in [0.3, 0.4) is 0 Å². The molecule has 1 aliphatic rings. The molecule has 0 heterocycles. The summed E-state index contributed by atoms with van der Waals surface area (Å²) in [5.74, 6) is -1.31. The van der Waals surface area contributed by atoms with E-state index in [1.165, 1.54) is 17.0 Å². The molecule has 0 bridgehead atoms. The van der Waals surface area contributed by atoms with Crippen molar-refractivity contribution in [2.24, 2.45) is 0 Å². The third kappa shape index (κ3) is 7.07. The minimum atomic E-state index is -4.23. The number of benzene rings is 3. The average molecular weight is 566 g/mol. The van der Waals surface area contributed by atoms with Crippen LogP contribution in [0.5, 0.6) is 0 Å². The number of anilines is 1. The minimum absolute atomic E-state index is 0.0807. The zero-order chi connectivity index (χ0) is 28.7. The van der Waals surface area contributed by atoms with Gasteiger partial charge in [-0.25, -0.2) is 12.8 Å². The molecule has 4 rings (SSSR count). The van der Waals surface area contributed by atoms with E-state index in [1.54, 1.807) is 30.3 Å². The van der Waals surface area contributed by atoms with Crippen molar-refractivity contribution < 1.29 is 22.4 Å². The first-order valence-corrected chi connectivity index (χ1v) is 15.1. The predicted molar refractivity (Wildman–Crippen MR) is 154 cm³/mol. The molecule has 0 saturated heterocycles. The highest BCUT2D eigenvalue weighted by molar-refractivity contribution is 7.92. The maximum Gasteiger partial charge on any atom is 0.264 e. The highest BCUT2D eigenvalue weighted by Gasteiger charge is 2.34. The number of sulfonamides is 1. The first kappa shape index (κ1) is 29.3. The van der Waals surface area contributed by atoms with Gasteiger partial charge in [0.05, 0.1) is 10.6 Å². The van der Waals surface area contributed by atoms with Gasteiger partial charge < -0.3 is 10.2 Å². The lowest BCUT2D eigenvalue weighted by molar-refractivity contribution is -0.140. The average Bonchev–Trinajstić information content (AvgIpc) is 3.45. The van der Waals surface area contributed by atoms with Crippen LogP contribution in [0.25, 0.3) is 0 Å². The van der Waals surface area contributed by atoms with Crippen LogP contribution in [-0.4, -0.2) is 43.8 Å². The largest absolute Gasteiger partial charge is 0.352 e. The molecule has 3 aromatic carbocycles. The van der Waals surface area contributed by atoms with Crippen LogP contribution in [0, 0.1) is 12.7 Å². The quantitative estimate of drug-likeness (QED) is 0.347. The standard InChI is InChI=1S/C31H36FN3O4S/c1-3-29(31(37)33-26-12-7-8-13-26)34(21-24-11-9-10-23(2)20-24)30(36)22-35(27-14-5-4-6-15-27)40(38,39)28-18-16-25(32)17-19-28/h4-6,9-11,14-20,26,29H,3,7-8,12-13,21-22H2,1-2H3,(H,33,37). The molecule has 1 unspecified atom stereocenters. The topological polar surface area (TPSA) is 86.8 Å². The highest BCUT2D eigenvalue weighted by atomic mass is 32.2. The molecule has 0 radical (unpaired) electrons. The fourth-order valence-corrected chi connectivity index (χ4v) is 6.57. The van der Waals surface area contributed by atoms with Crippen LogP contribution >= 0.6 is 0 Å². The Hall–Kier alpha value is -3.72. The molecule has 0 aliphatic heterocycles. The zero-order valence-corrected chi connectivity index (χ0v) is 23.7. The van der Waals surface area contributed by atoms with Gasteiger partial charge in [0.15, 0.2) is 0 Å². The maximum atomic E-state index is 14.1. The van der Waals surface area contributed by atoms with E-state index in [-0.39, 0.29) is 23.4 Å². The molecule has 7 nitrogen and oxygen atoms in total. The number of halogens is 1. The fourth-order valence-electron chi connectivity index (χ4n) is 5.15. The van der Waals surface area contributed by atoms with Crippen LogP contribution in [0.15, 0.2) is 83.8 Å². The summed E-state index contributed by atoms with van der Waals surface area (Å²) in [5, 5.41) is 3.11. The number of carbonyl (C=O) groups excluding carboxylic acids is 2. The lowest BCUT2D eigenvalue weighted by atomic mass is 10.1. The smallest absolute Gasteiger partial charge is 0.264 e. The summed E-state index contributed by atoms with van der Waals surface area (Å²) in [4.78, 5) is 28.9. The van der Waals surface area contributed by atoms with Gasteiger partial charge in [-0.2, -0.15) is 0 Å². The maximum absolute atomic E-state index is 14.1. The molecule has 0 spiro atoms. The summed E-state index contributed by atoms with van der Waals surface area (Å²) < 4.78 is 42.1. The van der Waals surface area contributed by atoms with Gasteiger partial charge in [0.25, 0.3) is 10.0 Å². The number of hydrogen-bond donors (Lipinski definition) is 1. The molecular formula is C31H36FN3O4S. The molecule has 40 heavy (non-hydrogen) atoms. The number of amides is 2. The van der Waals surface area contributed by atoms with E-state index in [2.05, 4.69) is 5.32 Å². The molecule has 212 valence electrons. The summed E-state index contributed by atoms with van der Waals surface area (Å²) in [6.45, 7) is 3.42. The van der Waals surface area contributed by atoms with Crippen LogP contribution < -0.4 is 9.62 Å². The fraction of sp³-hybridized carbons (Fsp3) is 0.355. The van der Waals surface area contributed by atoms with Gasteiger partial charge in [0.1, 0.15) is 18.4 Å².